The SMILES string of the molecule is COS(=O)(=O)c1ccc(C)cc1C1Cc2cccc(OS(=O)(=O)C(F)(F)F)c2O1. The molecule has 1 aliphatic rings. The first kappa shape index (κ1) is 21.4. The van der Waals surface area contributed by atoms with E-state index in [0.29, 0.717) is 11.1 Å². The normalized spacial score (nSPS) is 16.9. The van der Waals surface area contributed by atoms with Crippen molar-refractivity contribution in [2.75, 3.05) is 7.11 Å². The number of ether oxygens (including phenoxy) is 1. The highest BCUT2D eigenvalue weighted by Crippen LogP contribution is 2.45. The minimum absolute atomic E-state index is 0.0916. The van der Waals surface area contributed by atoms with Gasteiger partial charge in [-0.15, -0.1) is 0 Å². The maximum atomic E-state index is 12.6. The molecule has 1 atom stereocenters. The van der Waals surface area contributed by atoms with Gasteiger partial charge in [-0.2, -0.15) is 30.0 Å². The van der Waals surface area contributed by atoms with Crippen molar-refractivity contribution in [3.8, 4) is 11.5 Å². The van der Waals surface area contributed by atoms with Crippen LogP contribution in [0.3, 0.4) is 0 Å². The second-order valence-corrected chi connectivity index (χ2v) is 9.42. The van der Waals surface area contributed by atoms with E-state index < -0.39 is 37.6 Å². The molecule has 0 aliphatic carbocycles. The van der Waals surface area contributed by atoms with Crippen LogP contribution >= 0.6 is 0 Å². The molecule has 3 rings (SSSR count). The van der Waals surface area contributed by atoms with Crippen LogP contribution in [0.25, 0.3) is 0 Å². The van der Waals surface area contributed by atoms with Gasteiger partial charge in [-0.25, -0.2) is 0 Å². The maximum absolute atomic E-state index is 12.6. The number of rotatable bonds is 5. The van der Waals surface area contributed by atoms with Crippen LogP contribution in [0.15, 0.2) is 41.3 Å². The fourth-order valence-electron chi connectivity index (χ4n) is 2.88. The van der Waals surface area contributed by atoms with Gasteiger partial charge in [-0.3, -0.25) is 4.18 Å². The lowest BCUT2D eigenvalue weighted by molar-refractivity contribution is -0.0500. The molecule has 1 aliphatic heterocycles. The third kappa shape index (κ3) is 4.05. The first-order valence-electron chi connectivity index (χ1n) is 8.06. The molecule has 12 heteroatoms. The van der Waals surface area contributed by atoms with Crippen molar-refractivity contribution < 1.29 is 43.1 Å². The Hall–Kier alpha value is -2.31. The number of hydrogen-bond acceptors (Lipinski definition) is 7. The third-order valence-corrected chi connectivity index (χ3v) is 6.52. The van der Waals surface area contributed by atoms with Crippen LogP contribution in [0.1, 0.15) is 22.8 Å². The Bertz CT molecular complexity index is 1160. The molecule has 1 unspecified atom stereocenters. The highest BCUT2D eigenvalue weighted by atomic mass is 32.2. The van der Waals surface area contributed by atoms with Crippen LogP contribution in [0, 0.1) is 6.92 Å². The van der Waals surface area contributed by atoms with E-state index in [9.17, 15) is 30.0 Å². The van der Waals surface area contributed by atoms with E-state index in [1.54, 1.807) is 19.1 Å². The lowest BCUT2D eigenvalue weighted by Gasteiger charge is -2.17. The molecule has 0 N–H and O–H groups in total. The van der Waals surface area contributed by atoms with Crippen molar-refractivity contribution in [1.29, 1.82) is 0 Å². The number of halogens is 3. The molecule has 7 nitrogen and oxygen atoms in total. The minimum atomic E-state index is -5.89. The number of benzene rings is 2. The van der Waals surface area contributed by atoms with Gasteiger partial charge in [0, 0.05) is 17.5 Å². The molecule has 0 radical (unpaired) electrons. The summed E-state index contributed by atoms with van der Waals surface area (Å²) in [6.45, 7) is 1.72. The summed E-state index contributed by atoms with van der Waals surface area (Å²) in [6.07, 6.45) is -0.808. The quantitative estimate of drug-likeness (QED) is 0.508. The van der Waals surface area contributed by atoms with Crippen LogP contribution < -0.4 is 8.92 Å². The Morgan fingerprint density at radius 1 is 1.10 bits per heavy atom. The maximum Gasteiger partial charge on any atom is 0.534 e. The summed E-state index contributed by atoms with van der Waals surface area (Å²) in [5, 5.41) is 0. The number of hydrogen-bond donors (Lipinski definition) is 0. The van der Waals surface area contributed by atoms with E-state index >= 15 is 0 Å². The van der Waals surface area contributed by atoms with Crippen LogP contribution in [-0.4, -0.2) is 29.5 Å². The highest BCUT2D eigenvalue weighted by molar-refractivity contribution is 7.88. The molecular formula is C17H15F3O7S2. The fraction of sp³-hybridized carbons (Fsp3) is 0.294. The van der Waals surface area contributed by atoms with E-state index in [-0.39, 0.29) is 22.6 Å². The Morgan fingerprint density at radius 3 is 2.41 bits per heavy atom. The van der Waals surface area contributed by atoms with Crippen molar-refractivity contribution in [2.45, 2.75) is 29.9 Å². The van der Waals surface area contributed by atoms with E-state index in [0.717, 1.165) is 13.2 Å². The first-order chi connectivity index (χ1) is 13.4. The van der Waals surface area contributed by atoms with Crippen LogP contribution in [0.5, 0.6) is 11.5 Å². The molecule has 29 heavy (non-hydrogen) atoms. The smallest absolute Gasteiger partial charge is 0.481 e. The largest absolute Gasteiger partial charge is 0.534 e. The highest BCUT2D eigenvalue weighted by Gasteiger charge is 2.49. The van der Waals surface area contributed by atoms with Gasteiger partial charge in [0.2, 0.25) is 0 Å². The Labute approximate surface area is 165 Å². The van der Waals surface area contributed by atoms with Gasteiger partial charge in [0.05, 0.1) is 7.11 Å². The van der Waals surface area contributed by atoms with Crippen LogP contribution in [0.4, 0.5) is 13.2 Å². The van der Waals surface area contributed by atoms with Gasteiger partial charge in [0.1, 0.15) is 11.0 Å². The van der Waals surface area contributed by atoms with Crippen molar-refractivity contribution in [3.63, 3.8) is 0 Å². The van der Waals surface area contributed by atoms with Gasteiger partial charge in [0.25, 0.3) is 10.1 Å². The summed E-state index contributed by atoms with van der Waals surface area (Å²) >= 11 is 0. The van der Waals surface area contributed by atoms with Crippen molar-refractivity contribution in [2.24, 2.45) is 0 Å². The monoisotopic (exact) mass is 452 g/mol. The standard InChI is InChI=1S/C17H15F3O7S2/c1-10-6-7-15(28(21,22)25-2)12(8-10)14-9-11-4-3-5-13(16(11)26-14)27-29(23,24)17(18,19)20/h3-8,14H,9H2,1-2H3. The Morgan fingerprint density at radius 2 is 1.79 bits per heavy atom. The molecule has 0 saturated carbocycles. The van der Waals surface area contributed by atoms with E-state index in [1.165, 1.54) is 18.2 Å². The van der Waals surface area contributed by atoms with Gasteiger partial charge in [-0.05, 0) is 19.1 Å². The van der Waals surface area contributed by atoms with Crippen molar-refractivity contribution in [3.05, 3.63) is 53.1 Å². The number of alkyl halides is 3. The van der Waals surface area contributed by atoms with Crippen molar-refractivity contribution in [1.82, 2.24) is 0 Å². The third-order valence-electron chi connectivity index (χ3n) is 4.21. The van der Waals surface area contributed by atoms with E-state index in [2.05, 4.69) is 8.37 Å². The molecule has 0 spiro atoms. The predicted octanol–water partition coefficient (Wildman–Crippen LogP) is 3.23. The second kappa shape index (κ2) is 7.18. The van der Waals surface area contributed by atoms with Gasteiger partial charge in [-0.1, -0.05) is 29.8 Å². The number of fused-ring (bicyclic) bond motifs is 1. The average Bonchev–Trinajstić information content (AvgIpc) is 3.05. The van der Waals surface area contributed by atoms with Crippen LogP contribution in [-0.2, 0) is 30.8 Å². The molecule has 158 valence electrons. The minimum Gasteiger partial charge on any atom is -0.481 e. The zero-order chi connectivity index (χ0) is 21.6. The van der Waals surface area contributed by atoms with Gasteiger partial charge >= 0.3 is 15.6 Å². The zero-order valence-electron chi connectivity index (χ0n) is 15.1. The molecule has 1 heterocycles. The lowest BCUT2D eigenvalue weighted by atomic mass is 10.0. The molecule has 0 fully saturated rings. The average molecular weight is 452 g/mol. The zero-order valence-corrected chi connectivity index (χ0v) is 16.7. The summed E-state index contributed by atoms with van der Waals surface area (Å²) in [5.74, 6) is -0.835. The fourth-order valence-corrected chi connectivity index (χ4v) is 4.24. The topological polar surface area (TPSA) is 96.0 Å². The first-order valence-corrected chi connectivity index (χ1v) is 10.9. The molecule has 0 amide bonds. The van der Waals surface area contributed by atoms with Gasteiger partial charge in [0.15, 0.2) is 11.5 Å². The predicted molar refractivity (Wildman–Crippen MR) is 94.5 cm³/mol. The van der Waals surface area contributed by atoms with E-state index in [1.807, 2.05) is 0 Å². The summed E-state index contributed by atoms with van der Waals surface area (Å²) in [6, 6.07) is 8.30. The number of aryl methyl sites for hydroxylation is 1. The number of para-hydroxylation sites is 1. The van der Waals surface area contributed by atoms with Gasteiger partial charge < -0.3 is 8.92 Å². The summed E-state index contributed by atoms with van der Waals surface area (Å²) < 4.78 is 99.5. The molecule has 2 aromatic rings. The Kier molecular flexibility index (Phi) is 5.30. The van der Waals surface area contributed by atoms with Crippen LogP contribution in [0.2, 0.25) is 0 Å². The molecular weight excluding hydrogens is 437 g/mol. The molecule has 0 aromatic heterocycles. The molecule has 0 saturated heterocycles. The molecule has 2 aromatic carbocycles. The van der Waals surface area contributed by atoms with Crippen molar-refractivity contribution >= 4 is 20.2 Å². The Balaban J connectivity index is 2.02. The lowest BCUT2D eigenvalue weighted by Crippen LogP contribution is -2.28. The summed E-state index contributed by atoms with van der Waals surface area (Å²) in [7, 11) is -8.98. The van der Waals surface area contributed by atoms with E-state index in [4.69, 9.17) is 4.74 Å². The molecule has 0 bridgehead atoms. The summed E-state index contributed by atoms with van der Waals surface area (Å²) in [4.78, 5) is -0.159. The summed E-state index contributed by atoms with van der Waals surface area (Å²) in [5.41, 5.74) is -4.30. The second-order valence-electron chi connectivity index (χ2n) is 6.20.